The molecule has 0 aliphatic heterocycles. The minimum absolute atomic E-state index is 0.00295. The van der Waals surface area contributed by atoms with Crippen LogP contribution in [-0.4, -0.2) is 21.1 Å². The summed E-state index contributed by atoms with van der Waals surface area (Å²) < 4.78 is 0. The van der Waals surface area contributed by atoms with Crippen molar-refractivity contribution in [1.82, 2.24) is 9.97 Å². The molecule has 0 fully saturated rings. The van der Waals surface area contributed by atoms with E-state index in [2.05, 4.69) is 35.2 Å². The van der Waals surface area contributed by atoms with Gasteiger partial charge in [0.25, 0.3) is 0 Å². The highest BCUT2D eigenvalue weighted by atomic mass is 32.2. The van der Waals surface area contributed by atoms with E-state index in [-0.39, 0.29) is 11.2 Å². The number of amides is 1. The fourth-order valence-corrected chi connectivity index (χ4v) is 6.04. The molecule has 1 N–H and O–H groups in total. The van der Waals surface area contributed by atoms with Gasteiger partial charge in [-0.15, -0.1) is 11.3 Å². The number of nitrogens with zero attached hydrogens (tertiary/aromatic N) is 2. The van der Waals surface area contributed by atoms with Gasteiger partial charge in [-0.3, -0.25) is 4.79 Å². The van der Waals surface area contributed by atoms with Gasteiger partial charge >= 0.3 is 0 Å². The molecule has 2 heterocycles. The first-order valence-corrected chi connectivity index (χ1v) is 11.4. The molecule has 1 aliphatic rings. The Labute approximate surface area is 174 Å². The maximum Gasteiger partial charge on any atom is 0.237 e. The lowest BCUT2D eigenvalue weighted by molar-refractivity contribution is -0.115. The van der Waals surface area contributed by atoms with Crippen LogP contribution in [0.3, 0.4) is 0 Å². The Hall–Kier alpha value is -1.92. The SMILES string of the molecule is Cc1cccc(NC(=O)[C@@H](C)Sc2ncnc3sc4c(c23)CC[C@H](C)C4)c1C. The Morgan fingerprint density at radius 3 is 2.96 bits per heavy atom. The maximum atomic E-state index is 12.8. The number of aryl methyl sites for hydroxylation is 2. The van der Waals surface area contributed by atoms with Crippen molar-refractivity contribution >= 4 is 44.9 Å². The summed E-state index contributed by atoms with van der Waals surface area (Å²) in [6.07, 6.45) is 5.05. The lowest BCUT2D eigenvalue weighted by atomic mass is 9.89. The number of hydrogen-bond donors (Lipinski definition) is 1. The third kappa shape index (κ3) is 3.67. The quantitative estimate of drug-likeness (QED) is 0.451. The monoisotopic (exact) mass is 411 g/mol. The summed E-state index contributed by atoms with van der Waals surface area (Å²) in [6.45, 7) is 8.35. The van der Waals surface area contributed by atoms with Gasteiger partial charge in [-0.25, -0.2) is 9.97 Å². The van der Waals surface area contributed by atoms with E-state index in [0.29, 0.717) is 0 Å². The topological polar surface area (TPSA) is 54.9 Å². The summed E-state index contributed by atoms with van der Waals surface area (Å²) in [5.74, 6) is 0.732. The van der Waals surface area contributed by atoms with E-state index in [1.165, 1.54) is 39.6 Å². The van der Waals surface area contributed by atoms with Crippen LogP contribution in [0, 0.1) is 19.8 Å². The second-order valence-electron chi connectivity index (χ2n) is 7.71. The predicted octanol–water partition coefficient (Wildman–Crippen LogP) is 5.55. The summed E-state index contributed by atoms with van der Waals surface area (Å²) in [7, 11) is 0. The molecule has 1 aromatic carbocycles. The number of anilines is 1. The molecule has 2 aromatic heterocycles. The highest BCUT2D eigenvalue weighted by Crippen LogP contribution is 2.41. The van der Waals surface area contributed by atoms with Crippen LogP contribution in [0.2, 0.25) is 0 Å². The number of fused-ring (bicyclic) bond motifs is 3. The molecule has 146 valence electrons. The molecule has 4 nitrogen and oxygen atoms in total. The molecule has 1 aliphatic carbocycles. The number of rotatable bonds is 4. The molecule has 3 aromatic rings. The molecule has 0 saturated carbocycles. The third-order valence-electron chi connectivity index (χ3n) is 5.58. The summed E-state index contributed by atoms with van der Waals surface area (Å²) in [4.78, 5) is 24.4. The second-order valence-corrected chi connectivity index (χ2v) is 10.1. The van der Waals surface area contributed by atoms with Crippen LogP contribution in [0.15, 0.2) is 29.6 Å². The van der Waals surface area contributed by atoms with Gasteiger partial charge < -0.3 is 5.32 Å². The van der Waals surface area contributed by atoms with Gasteiger partial charge in [0.05, 0.1) is 5.25 Å². The molecule has 0 unspecified atom stereocenters. The number of hydrogen-bond acceptors (Lipinski definition) is 5. The van der Waals surface area contributed by atoms with E-state index in [4.69, 9.17) is 0 Å². The minimum atomic E-state index is -0.240. The molecule has 0 saturated heterocycles. The Bertz CT molecular complexity index is 1040. The van der Waals surface area contributed by atoms with Gasteiger partial charge in [-0.05, 0) is 68.7 Å². The zero-order chi connectivity index (χ0) is 19.8. The third-order valence-corrected chi connectivity index (χ3v) is 7.84. The van der Waals surface area contributed by atoms with Crippen LogP contribution in [0.25, 0.3) is 10.2 Å². The van der Waals surface area contributed by atoms with E-state index in [1.54, 1.807) is 17.7 Å². The van der Waals surface area contributed by atoms with Crippen molar-refractivity contribution in [3.8, 4) is 0 Å². The van der Waals surface area contributed by atoms with E-state index in [9.17, 15) is 4.79 Å². The van der Waals surface area contributed by atoms with E-state index >= 15 is 0 Å². The summed E-state index contributed by atoms with van der Waals surface area (Å²) >= 11 is 3.33. The molecule has 28 heavy (non-hydrogen) atoms. The highest BCUT2D eigenvalue weighted by molar-refractivity contribution is 8.00. The number of carbonyl (C=O) groups is 1. The first-order valence-electron chi connectivity index (χ1n) is 9.73. The van der Waals surface area contributed by atoms with Crippen molar-refractivity contribution in [3.63, 3.8) is 0 Å². The predicted molar refractivity (Wildman–Crippen MR) is 118 cm³/mol. The first-order chi connectivity index (χ1) is 13.4. The number of benzene rings is 1. The zero-order valence-electron chi connectivity index (χ0n) is 16.7. The van der Waals surface area contributed by atoms with Crippen LogP contribution >= 0.6 is 23.1 Å². The van der Waals surface area contributed by atoms with E-state index in [1.807, 2.05) is 26.0 Å². The van der Waals surface area contributed by atoms with Gasteiger partial charge in [0.1, 0.15) is 16.2 Å². The summed E-state index contributed by atoms with van der Waals surface area (Å²) in [6, 6.07) is 5.99. The van der Waals surface area contributed by atoms with E-state index in [0.717, 1.165) is 39.9 Å². The molecule has 4 rings (SSSR count). The molecule has 0 spiro atoms. The molecular formula is C22H25N3OS2. The van der Waals surface area contributed by atoms with Crippen molar-refractivity contribution in [2.24, 2.45) is 5.92 Å². The molecular weight excluding hydrogens is 386 g/mol. The van der Waals surface area contributed by atoms with Gasteiger partial charge in [0.2, 0.25) is 5.91 Å². The van der Waals surface area contributed by atoms with Gasteiger partial charge in [0.15, 0.2) is 0 Å². The minimum Gasteiger partial charge on any atom is -0.325 e. The lowest BCUT2D eigenvalue weighted by Gasteiger charge is -2.18. The zero-order valence-corrected chi connectivity index (χ0v) is 18.3. The van der Waals surface area contributed by atoms with E-state index < -0.39 is 0 Å². The average molecular weight is 412 g/mol. The van der Waals surface area contributed by atoms with Crippen molar-refractivity contribution in [2.75, 3.05) is 5.32 Å². The number of thiophene rings is 1. The molecule has 1 amide bonds. The number of carbonyl (C=O) groups excluding carboxylic acids is 1. The first kappa shape index (κ1) is 19.4. The smallest absolute Gasteiger partial charge is 0.237 e. The van der Waals surface area contributed by atoms with Crippen LogP contribution in [0.1, 0.15) is 41.8 Å². The largest absolute Gasteiger partial charge is 0.325 e. The molecule has 6 heteroatoms. The Morgan fingerprint density at radius 2 is 2.14 bits per heavy atom. The standard InChI is InChI=1S/C22H25N3OS2/c1-12-8-9-16-18(10-12)28-22-19(16)21(23-11-24-22)27-15(4)20(26)25-17-7-5-6-13(2)14(17)3/h5-7,11-12,15H,8-10H2,1-4H3,(H,25,26)/t12-,15+/m0/s1. The van der Waals surface area contributed by atoms with Gasteiger partial charge in [-0.2, -0.15) is 0 Å². The van der Waals surface area contributed by atoms with Crippen LogP contribution in [-0.2, 0) is 17.6 Å². The number of thioether (sulfide) groups is 1. The second kappa shape index (κ2) is 7.84. The summed E-state index contributed by atoms with van der Waals surface area (Å²) in [5, 5.41) is 4.94. The Morgan fingerprint density at radius 1 is 1.32 bits per heavy atom. The average Bonchev–Trinajstić information content (AvgIpc) is 3.03. The van der Waals surface area contributed by atoms with Crippen LogP contribution < -0.4 is 5.32 Å². The van der Waals surface area contributed by atoms with Gasteiger partial charge in [-0.1, -0.05) is 30.8 Å². The van der Waals surface area contributed by atoms with Crippen molar-refractivity contribution < 1.29 is 4.79 Å². The molecule has 2 atom stereocenters. The molecule has 0 radical (unpaired) electrons. The highest BCUT2D eigenvalue weighted by Gasteiger charge is 2.25. The Kier molecular flexibility index (Phi) is 5.43. The van der Waals surface area contributed by atoms with Crippen LogP contribution in [0.5, 0.6) is 0 Å². The van der Waals surface area contributed by atoms with Crippen molar-refractivity contribution in [2.45, 2.75) is 57.2 Å². The fourth-order valence-electron chi connectivity index (χ4n) is 3.68. The maximum absolute atomic E-state index is 12.8. The summed E-state index contributed by atoms with van der Waals surface area (Å²) in [5.41, 5.74) is 4.57. The number of nitrogens with one attached hydrogen (secondary N) is 1. The molecule has 0 bridgehead atoms. The number of aromatic nitrogens is 2. The van der Waals surface area contributed by atoms with Gasteiger partial charge in [0, 0.05) is 16.0 Å². The van der Waals surface area contributed by atoms with Crippen molar-refractivity contribution in [3.05, 3.63) is 46.1 Å². The van der Waals surface area contributed by atoms with Crippen LogP contribution in [0.4, 0.5) is 5.69 Å². The van der Waals surface area contributed by atoms with Crippen molar-refractivity contribution in [1.29, 1.82) is 0 Å². The Balaban J connectivity index is 1.57. The lowest BCUT2D eigenvalue weighted by Crippen LogP contribution is -2.23. The fraction of sp³-hybridized carbons (Fsp3) is 0.409. The normalized spacial score (nSPS) is 17.4.